The maximum Gasteiger partial charge on any atom is 0.273 e. The van der Waals surface area contributed by atoms with E-state index in [2.05, 4.69) is 0 Å². The summed E-state index contributed by atoms with van der Waals surface area (Å²) < 4.78 is 5.55. The molecule has 2 rings (SSSR count). The van der Waals surface area contributed by atoms with Crippen LogP contribution < -0.4 is 4.74 Å². The third kappa shape index (κ3) is 3.20. The number of nitro groups is 1. The van der Waals surface area contributed by atoms with Crippen molar-refractivity contribution in [2.75, 3.05) is 0 Å². The highest BCUT2D eigenvalue weighted by Crippen LogP contribution is 2.25. The molecule has 0 aromatic heterocycles. The number of nitro benzene ring substituents is 1. The van der Waals surface area contributed by atoms with Crippen molar-refractivity contribution in [2.45, 2.75) is 13.3 Å². The molecule has 0 N–H and O–H groups in total. The molecule has 102 valence electrons. The van der Waals surface area contributed by atoms with Gasteiger partial charge in [-0.25, -0.2) is 0 Å². The van der Waals surface area contributed by atoms with E-state index < -0.39 is 4.92 Å². The van der Waals surface area contributed by atoms with Gasteiger partial charge >= 0.3 is 0 Å². The number of nitrogens with zero attached hydrogens (tertiary/aromatic N) is 1. The second kappa shape index (κ2) is 5.97. The van der Waals surface area contributed by atoms with Crippen LogP contribution in [0.1, 0.15) is 23.7 Å². The summed E-state index contributed by atoms with van der Waals surface area (Å²) >= 11 is 0. The van der Waals surface area contributed by atoms with Crippen LogP contribution in [0.25, 0.3) is 0 Å². The van der Waals surface area contributed by atoms with Gasteiger partial charge < -0.3 is 4.74 Å². The second-order valence-electron chi connectivity index (χ2n) is 4.16. The molecule has 5 nitrogen and oxygen atoms in total. The van der Waals surface area contributed by atoms with E-state index in [4.69, 9.17) is 4.74 Å². The molecule has 0 saturated carbocycles. The number of hydrogen-bond acceptors (Lipinski definition) is 4. The molecule has 5 heteroatoms. The zero-order valence-electron chi connectivity index (χ0n) is 10.9. The summed E-state index contributed by atoms with van der Waals surface area (Å²) in [5, 5.41) is 10.7. The molecule has 2 aromatic carbocycles. The maximum absolute atomic E-state index is 11.6. The molecule has 0 saturated heterocycles. The smallest absolute Gasteiger partial charge is 0.273 e. The number of benzene rings is 2. The maximum atomic E-state index is 11.6. The van der Waals surface area contributed by atoms with Gasteiger partial charge in [-0.15, -0.1) is 0 Å². The molecule has 0 aliphatic carbocycles. The first-order valence-electron chi connectivity index (χ1n) is 6.15. The Morgan fingerprint density at radius 2 is 1.80 bits per heavy atom. The number of ether oxygens (including phenoxy) is 1. The number of hydrogen-bond donors (Lipinski definition) is 0. The molecule has 0 aliphatic heterocycles. The molecule has 0 bridgehead atoms. The van der Waals surface area contributed by atoms with E-state index in [-0.39, 0.29) is 11.5 Å². The highest BCUT2D eigenvalue weighted by molar-refractivity contribution is 5.96. The SMILES string of the molecule is CCC(=O)c1cccc(Oc2cccc([N+](=O)[O-])c2)c1. The highest BCUT2D eigenvalue weighted by atomic mass is 16.6. The molecule has 0 amide bonds. The molecule has 0 unspecified atom stereocenters. The topological polar surface area (TPSA) is 69.4 Å². The van der Waals surface area contributed by atoms with Gasteiger partial charge in [-0.1, -0.05) is 25.1 Å². The molecule has 0 atom stereocenters. The zero-order chi connectivity index (χ0) is 14.5. The average Bonchev–Trinajstić information content (AvgIpc) is 2.47. The van der Waals surface area contributed by atoms with E-state index in [9.17, 15) is 14.9 Å². The highest BCUT2D eigenvalue weighted by Gasteiger charge is 2.08. The van der Waals surface area contributed by atoms with Crippen molar-refractivity contribution < 1.29 is 14.5 Å². The van der Waals surface area contributed by atoms with Crippen molar-refractivity contribution in [1.82, 2.24) is 0 Å². The zero-order valence-corrected chi connectivity index (χ0v) is 10.9. The molecule has 2 aromatic rings. The Labute approximate surface area is 116 Å². The first kappa shape index (κ1) is 13.7. The fourth-order valence-electron chi connectivity index (χ4n) is 1.73. The predicted molar refractivity (Wildman–Crippen MR) is 74.2 cm³/mol. The molecule has 20 heavy (non-hydrogen) atoms. The van der Waals surface area contributed by atoms with Gasteiger partial charge in [-0.2, -0.15) is 0 Å². The number of carbonyl (C=O) groups is 1. The minimum Gasteiger partial charge on any atom is -0.457 e. The van der Waals surface area contributed by atoms with Gasteiger partial charge in [0.05, 0.1) is 11.0 Å². The number of Topliss-reactive ketones (excluding diaryl/α,β-unsaturated/α-hetero) is 1. The third-order valence-corrected chi connectivity index (χ3v) is 2.74. The minimum atomic E-state index is -0.482. The summed E-state index contributed by atoms with van der Waals surface area (Å²) in [7, 11) is 0. The molecule has 0 fully saturated rings. The molecule has 0 spiro atoms. The molecule has 0 aliphatic rings. The standard InChI is InChI=1S/C15H13NO4/c1-2-15(17)11-5-3-7-13(9-11)20-14-8-4-6-12(10-14)16(18)19/h3-10H,2H2,1H3. The lowest BCUT2D eigenvalue weighted by Gasteiger charge is -2.06. The summed E-state index contributed by atoms with van der Waals surface area (Å²) in [4.78, 5) is 21.8. The van der Waals surface area contributed by atoms with Crippen LogP contribution in [-0.4, -0.2) is 10.7 Å². The van der Waals surface area contributed by atoms with Crippen LogP contribution in [0.15, 0.2) is 48.5 Å². The van der Waals surface area contributed by atoms with Crippen molar-refractivity contribution in [3.8, 4) is 11.5 Å². The predicted octanol–water partition coefficient (Wildman–Crippen LogP) is 3.98. The molecule has 0 radical (unpaired) electrons. The number of carbonyl (C=O) groups excluding carboxylic acids is 1. The van der Waals surface area contributed by atoms with Crippen molar-refractivity contribution >= 4 is 11.5 Å². The van der Waals surface area contributed by atoms with Crippen LogP contribution in [0, 0.1) is 10.1 Å². The summed E-state index contributed by atoms with van der Waals surface area (Å²) in [6.07, 6.45) is 0.417. The quantitative estimate of drug-likeness (QED) is 0.468. The van der Waals surface area contributed by atoms with Gasteiger partial charge in [-0.3, -0.25) is 14.9 Å². The van der Waals surface area contributed by atoms with E-state index in [0.29, 0.717) is 23.5 Å². The van der Waals surface area contributed by atoms with Gasteiger partial charge in [0.2, 0.25) is 0 Å². The lowest BCUT2D eigenvalue weighted by Crippen LogP contribution is -1.96. The van der Waals surface area contributed by atoms with Gasteiger partial charge in [-0.05, 0) is 18.2 Å². The van der Waals surface area contributed by atoms with Crippen molar-refractivity contribution in [2.24, 2.45) is 0 Å². The van der Waals surface area contributed by atoms with Gasteiger partial charge in [0.25, 0.3) is 5.69 Å². The Morgan fingerprint density at radius 1 is 1.15 bits per heavy atom. The summed E-state index contributed by atoms with van der Waals surface area (Å²) in [6, 6.07) is 12.7. The van der Waals surface area contributed by atoms with Gasteiger partial charge in [0, 0.05) is 18.1 Å². The van der Waals surface area contributed by atoms with E-state index in [1.165, 1.54) is 12.1 Å². The Hall–Kier alpha value is -2.69. The van der Waals surface area contributed by atoms with Crippen molar-refractivity contribution in [1.29, 1.82) is 0 Å². The largest absolute Gasteiger partial charge is 0.457 e. The number of ketones is 1. The first-order chi connectivity index (χ1) is 9.60. The minimum absolute atomic E-state index is 0.0227. The van der Waals surface area contributed by atoms with Gasteiger partial charge in [0.15, 0.2) is 5.78 Å². The van der Waals surface area contributed by atoms with E-state index in [1.807, 2.05) is 0 Å². The summed E-state index contributed by atoms with van der Waals surface area (Å²) in [5.41, 5.74) is 0.527. The van der Waals surface area contributed by atoms with E-state index in [0.717, 1.165) is 0 Å². The lowest BCUT2D eigenvalue weighted by molar-refractivity contribution is -0.384. The summed E-state index contributed by atoms with van der Waals surface area (Å²) in [6.45, 7) is 1.79. The molecule has 0 heterocycles. The van der Waals surface area contributed by atoms with E-state index in [1.54, 1.807) is 43.3 Å². The fourth-order valence-corrected chi connectivity index (χ4v) is 1.73. The third-order valence-electron chi connectivity index (χ3n) is 2.74. The van der Waals surface area contributed by atoms with Crippen LogP contribution in [0.4, 0.5) is 5.69 Å². The Bertz CT molecular complexity index is 652. The van der Waals surface area contributed by atoms with Crippen LogP contribution in [0.2, 0.25) is 0 Å². The second-order valence-corrected chi connectivity index (χ2v) is 4.16. The Kier molecular flexibility index (Phi) is 4.10. The van der Waals surface area contributed by atoms with Crippen LogP contribution in [0.5, 0.6) is 11.5 Å². The Morgan fingerprint density at radius 3 is 2.45 bits per heavy atom. The Balaban J connectivity index is 2.24. The van der Waals surface area contributed by atoms with Crippen molar-refractivity contribution in [3.63, 3.8) is 0 Å². The van der Waals surface area contributed by atoms with Crippen LogP contribution >= 0.6 is 0 Å². The monoisotopic (exact) mass is 271 g/mol. The van der Waals surface area contributed by atoms with Crippen LogP contribution in [-0.2, 0) is 0 Å². The number of non-ortho nitro benzene ring substituents is 1. The van der Waals surface area contributed by atoms with Crippen LogP contribution in [0.3, 0.4) is 0 Å². The first-order valence-corrected chi connectivity index (χ1v) is 6.15. The molecular weight excluding hydrogens is 258 g/mol. The fraction of sp³-hybridized carbons (Fsp3) is 0.133. The summed E-state index contributed by atoms with van der Waals surface area (Å²) in [5.74, 6) is 0.861. The van der Waals surface area contributed by atoms with Gasteiger partial charge in [0.1, 0.15) is 11.5 Å². The van der Waals surface area contributed by atoms with E-state index >= 15 is 0 Å². The lowest BCUT2D eigenvalue weighted by atomic mass is 10.1. The van der Waals surface area contributed by atoms with Crippen molar-refractivity contribution in [3.05, 3.63) is 64.2 Å². The molecular formula is C15H13NO4. The average molecular weight is 271 g/mol. The normalized spacial score (nSPS) is 10.1. The number of rotatable bonds is 5.